The van der Waals surface area contributed by atoms with Gasteiger partial charge in [-0.25, -0.2) is 4.98 Å². The molecule has 0 saturated heterocycles. The lowest BCUT2D eigenvalue weighted by Crippen LogP contribution is -2.27. The number of aliphatic hydroxyl groups excluding tert-OH is 2. The average molecular weight is 642 g/mol. The molecule has 0 spiro atoms. The van der Waals surface area contributed by atoms with E-state index in [0.29, 0.717) is 18.8 Å². The van der Waals surface area contributed by atoms with Crippen molar-refractivity contribution in [2.75, 3.05) is 20.2 Å². The zero-order valence-electron chi connectivity index (χ0n) is 30.0. The number of nitrogens with one attached hydrogen (secondary N) is 2. The molecule has 0 aliphatic carbocycles. The number of H-pyrrole nitrogens is 2. The summed E-state index contributed by atoms with van der Waals surface area (Å²) in [4.78, 5) is 30.4. The van der Waals surface area contributed by atoms with Crippen LogP contribution >= 0.6 is 0 Å². The van der Waals surface area contributed by atoms with Crippen LogP contribution < -0.4 is 0 Å². The van der Waals surface area contributed by atoms with Gasteiger partial charge in [-0.05, 0) is 124 Å². The third kappa shape index (κ3) is 8.22. The summed E-state index contributed by atoms with van der Waals surface area (Å²) in [5.41, 5.74) is 16.8. The molecule has 8 nitrogen and oxygen atoms in total. The van der Waals surface area contributed by atoms with Crippen LogP contribution in [0.1, 0.15) is 117 Å². The van der Waals surface area contributed by atoms with Crippen LogP contribution in [0.15, 0.2) is 18.2 Å². The van der Waals surface area contributed by atoms with E-state index in [1.807, 2.05) is 6.92 Å². The van der Waals surface area contributed by atoms with Crippen molar-refractivity contribution in [1.29, 1.82) is 0 Å². The number of aliphatic hydroxyl groups is 2. The molecular weight excluding hydrogens is 586 g/mol. The highest BCUT2D eigenvalue weighted by Gasteiger charge is 2.20. The lowest BCUT2D eigenvalue weighted by atomic mass is 10.0. The topological polar surface area (TPSA) is 118 Å². The molecule has 0 radical (unpaired) electrons. The molecule has 0 aromatic carbocycles. The Bertz CT molecular complexity index is 1780. The number of carbonyl (C=O) groups excluding carboxylic acids is 1. The first kappa shape index (κ1) is 36.1. The summed E-state index contributed by atoms with van der Waals surface area (Å²) >= 11 is 0. The molecule has 47 heavy (non-hydrogen) atoms. The summed E-state index contributed by atoms with van der Waals surface area (Å²) in [5, 5.41) is 17.6. The molecule has 2 aliphatic rings. The van der Waals surface area contributed by atoms with Gasteiger partial charge in [0.1, 0.15) is 0 Å². The molecule has 8 heteroatoms. The van der Waals surface area contributed by atoms with Crippen LogP contribution in [0.2, 0.25) is 0 Å². The van der Waals surface area contributed by atoms with E-state index in [1.54, 1.807) is 11.9 Å². The summed E-state index contributed by atoms with van der Waals surface area (Å²) in [6, 6.07) is 6.76. The number of hydrogen-bond acceptors (Lipinski definition) is 5. The van der Waals surface area contributed by atoms with E-state index in [9.17, 15) is 4.79 Å². The Labute approximate surface area is 280 Å². The van der Waals surface area contributed by atoms with E-state index < -0.39 is 6.10 Å². The number of rotatable bonds is 9. The molecule has 2 aliphatic heterocycles. The number of amides is 1. The van der Waals surface area contributed by atoms with Crippen molar-refractivity contribution in [1.82, 2.24) is 24.8 Å². The van der Waals surface area contributed by atoms with Gasteiger partial charge in [0.2, 0.25) is 5.91 Å². The van der Waals surface area contributed by atoms with Gasteiger partial charge in [-0.1, -0.05) is 27.7 Å². The van der Waals surface area contributed by atoms with Crippen LogP contribution in [-0.2, 0) is 24.1 Å². The third-order valence-corrected chi connectivity index (χ3v) is 9.77. The number of carbonyl (C=O) groups is 1. The van der Waals surface area contributed by atoms with Crippen molar-refractivity contribution >= 4 is 39.6 Å². The maximum absolute atomic E-state index is 11.1. The summed E-state index contributed by atoms with van der Waals surface area (Å²) < 4.78 is 0. The van der Waals surface area contributed by atoms with Crippen molar-refractivity contribution in [3.63, 3.8) is 0 Å². The number of aromatic amines is 2. The first-order valence-electron chi connectivity index (χ1n) is 17.3. The summed E-state index contributed by atoms with van der Waals surface area (Å²) in [7, 11) is 1.79. The number of aryl methyl sites for hydroxylation is 4. The fourth-order valence-electron chi connectivity index (χ4n) is 6.58. The van der Waals surface area contributed by atoms with Crippen LogP contribution in [0.4, 0.5) is 0 Å². The zero-order valence-corrected chi connectivity index (χ0v) is 30.0. The van der Waals surface area contributed by atoms with Gasteiger partial charge >= 0.3 is 0 Å². The number of hydrogen-bond donors (Lipinski definition) is 4. The zero-order chi connectivity index (χ0) is 34.4. The van der Waals surface area contributed by atoms with Crippen LogP contribution in [0.25, 0.3) is 33.7 Å². The van der Waals surface area contributed by atoms with Gasteiger partial charge in [-0.2, -0.15) is 0 Å². The number of fused-ring (bicyclic) bond motifs is 8. The molecule has 8 bridgehead atoms. The number of aromatic nitrogens is 4. The quantitative estimate of drug-likeness (QED) is 0.179. The smallest absolute Gasteiger partial charge is 0.222 e. The van der Waals surface area contributed by atoms with Gasteiger partial charge in [0, 0.05) is 59.4 Å². The van der Waals surface area contributed by atoms with Gasteiger partial charge in [0.15, 0.2) is 0 Å². The van der Waals surface area contributed by atoms with E-state index in [-0.39, 0.29) is 12.5 Å². The number of allylic oxidation sites excluding steroid dienone is 1. The first-order valence-corrected chi connectivity index (χ1v) is 17.3. The SMILES string of the molecule is CCC(=O)N(C)CCCCC(O)CO.CCc1c(C)c2cc3[nH]c(cc4nc(c(C)c5nc(cc1[nH]2)C(C)=C5)CC4C)c(C)c3CC. The predicted octanol–water partition coefficient (Wildman–Crippen LogP) is 7.65. The molecule has 5 rings (SSSR count). The Balaban J connectivity index is 0.000000304. The third-order valence-electron chi connectivity index (χ3n) is 9.77. The van der Waals surface area contributed by atoms with Gasteiger partial charge in [-0.3, -0.25) is 9.78 Å². The van der Waals surface area contributed by atoms with E-state index in [2.05, 4.69) is 82.7 Å². The van der Waals surface area contributed by atoms with E-state index >= 15 is 0 Å². The Morgan fingerprint density at radius 1 is 0.915 bits per heavy atom. The van der Waals surface area contributed by atoms with Crippen LogP contribution in [0, 0.1) is 20.8 Å². The lowest BCUT2D eigenvalue weighted by molar-refractivity contribution is -0.129. The van der Waals surface area contributed by atoms with Gasteiger partial charge in [0.25, 0.3) is 0 Å². The maximum atomic E-state index is 11.1. The molecule has 2 unspecified atom stereocenters. The lowest BCUT2D eigenvalue weighted by Gasteiger charge is -2.16. The minimum Gasteiger partial charge on any atom is -0.394 e. The van der Waals surface area contributed by atoms with E-state index in [0.717, 1.165) is 66.9 Å². The Morgan fingerprint density at radius 2 is 1.53 bits per heavy atom. The molecule has 0 saturated carbocycles. The highest BCUT2D eigenvalue weighted by molar-refractivity contribution is 5.85. The molecule has 2 atom stereocenters. The molecular formula is C39H55N5O3. The Morgan fingerprint density at radius 3 is 2.13 bits per heavy atom. The highest BCUT2D eigenvalue weighted by atomic mass is 16.3. The first-order chi connectivity index (χ1) is 22.4. The fraction of sp³-hybridized carbons (Fsp3) is 0.513. The molecule has 4 N–H and O–H groups in total. The largest absolute Gasteiger partial charge is 0.394 e. The molecule has 3 aromatic heterocycles. The predicted molar refractivity (Wildman–Crippen MR) is 195 cm³/mol. The maximum Gasteiger partial charge on any atom is 0.222 e. The van der Waals surface area contributed by atoms with Gasteiger partial charge in [-0.15, -0.1) is 0 Å². The molecule has 254 valence electrons. The van der Waals surface area contributed by atoms with Gasteiger partial charge < -0.3 is 25.1 Å². The number of unbranched alkanes of at least 4 members (excludes halogenated alkanes) is 1. The van der Waals surface area contributed by atoms with E-state index in [1.165, 1.54) is 49.9 Å². The minimum absolute atomic E-state index is 0.146. The second kappa shape index (κ2) is 15.9. The van der Waals surface area contributed by atoms with Crippen molar-refractivity contribution in [3.8, 4) is 0 Å². The molecule has 5 heterocycles. The monoisotopic (exact) mass is 641 g/mol. The van der Waals surface area contributed by atoms with E-state index in [4.69, 9.17) is 20.2 Å². The van der Waals surface area contributed by atoms with Gasteiger partial charge in [0.05, 0.1) is 24.1 Å². The summed E-state index contributed by atoms with van der Waals surface area (Å²) in [5.74, 6) is 0.542. The Kier molecular flexibility index (Phi) is 12.2. The fourth-order valence-corrected chi connectivity index (χ4v) is 6.58. The van der Waals surface area contributed by atoms with Crippen molar-refractivity contribution in [2.24, 2.45) is 0 Å². The van der Waals surface area contributed by atoms with Crippen molar-refractivity contribution in [2.45, 2.75) is 112 Å². The standard InChI is InChI=1S/C29H34N4.C10H21NO3/c1-8-20-18(6)27-14-29-21(9-2)17(5)26(32-29)12-22-15(3)10-24(30-22)19(7)25-11-16(4)23(31-25)13-28(20)33-27;1-3-10(14)11(2)7-5-4-6-9(13)8-12/h11-15,32-33H,8-10H2,1-7H3;9,12-13H,3-8H2,1-2H3. The summed E-state index contributed by atoms with van der Waals surface area (Å²) in [6.07, 6.45) is 7.38. The van der Waals surface area contributed by atoms with Crippen LogP contribution in [-0.4, -0.2) is 67.3 Å². The second-order valence-electron chi connectivity index (χ2n) is 13.2. The Hall–Kier alpha value is -3.75. The van der Waals surface area contributed by atoms with Crippen molar-refractivity contribution in [3.05, 3.63) is 68.8 Å². The molecule has 0 fully saturated rings. The molecule has 3 aromatic rings. The van der Waals surface area contributed by atoms with Crippen molar-refractivity contribution < 1.29 is 15.0 Å². The van der Waals surface area contributed by atoms with Crippen LogP contribution in [0.3, 0.4) is 0 Å². The normalized spacial score (nSPS) is 14.8. The molecule has 1 amide bonds. The highest BCUT2D eigenvalue weighted by Crippen LogP contribution is 2.31. The minimum atomic E-state index is -0.609. The second-order valence-corrected chi connectivity index (χ2v) is 13.2. The number of nitrogens with zero attached hydrogens (tertiary/aromatic N) is 3. The average Bonchev–Trinajstić information content (AvgIpc) is 3.78. The van der Waals surface area contributed by atoms with Crippen LogP contribution in [0.5, 0.6) is 0 Å². The summed E-state index contributed by atoms with van der Waals surface area (Å²) in [6.45, 7) is 17.9.